The van der Waals surface area contributed by atoms with Gasteiger partial charge >= 0.3 is 0 Å². The lowest BCUT2D eigenvalue weighted by atomic mass is 10.2. The highest BCUT2D eigenvalue weighted by molar-refractivity contribution is 7.89. The molecule has 0 aliphatic carbocycles. The quantitative estimate of drug-likeness (QED) is 0.851. The van der Waals surface area contributed by atoms with Crippen LogP contribution in [0.2, 0.25) is 0 Å². The van der Waals surface area contributed by atoms with Gasteiger partial charge in [0.2, 0.25) is 15.2 Å². The van der Waals surface area contributed by atoms with Crippen molar-refractivity contribution >= 4 is 26.7 Å². The number of aromatic nitrogens is 2. The van der Waals surface area contributed by atoms with Gasteiger partial charge in [-0.1, -0.05) is 25.5 Å². The standard InChI is InChI=1S/C16H22N4O2S2/c1-2-15-18-16(23-19-15)17-12-13-6-8-14(9-7-13)24(21,22)20-10-4-3-5-11-20/h6-9H,2-5,10-12H2,1H3,(H,17,18,19). The van der Waals surface area contributed by atoms with Crippen LogP contribution in [-0.4, -0.2) is 35.2 Å². The predicted molar refractivity (Wildman–Crippen MR) is 95.7 cm³/mol. The van der Waals surface area contributed by atoms with Crippen molar-refractivity contribution in [1.29, 1.82) is 0 Å². The Morgan fingerprint density at radius 3 is 2.50 bits per heavy atom. The van der Waals surface area contributed by atoms with Gasteiger partial charge in [0.1, 0.15) is 5.82 Å². The van der Waals surface area contributed by atoms with Gasteiger partial charge in [0.25, 0.3) is 0 Å². The molecule has 2 heterocycles. The van der Waals surface area contributed by atoms with E-state index < -0.39 is 10.0 Å². The summed E-state index contributed by atoms with van der Waals surface area (Å²) in [5, 5.41) is 4.01. The minimum atomic E-state index is -3.35. The number of nitrogens with zero attached hydrogens (tertiary/aromatic N) is 3. The van der Waals surface area contributed by atoms with E-state index in [9.17, 15) is 8.42 Å². The van der Waals surface area contributed by atoms with Crippen LogP contribution in [0.15, 0.2) is 29.2 Å². The number of benzene rings is 1. The Balaban J connectivity index is 1.64. The molecule has 0 atom stereocenters. The topological polar surface area (TPSA) is 75.2 Å². The van der Waals surface area contributed by atoms with E-state index in [1.165, 1.54) is 11.5 Å². The molecule has 1 N–H and O–H groups in total. The average Bonchev–Trinajstić information content (AvgIpc) is 3.09. The van der Waals surface area contributed by atoms with Crippen LogP contribution >= 0.6 is 11.5 Å². The summed E-state index contributed by atoms with van der Waals surface area (Å²) in [6, 6.07) is 7.09. The summed E-state index contributed by atoms with van der Waals surface area (Å²) < 4.78 is 31.0. The zero-order valence-corrected chi connectivity index (χ0v) is 15.4. The fourth-order valence-corrected chi connectivity index (χ4v) is 4.84. The number of anilines is 1. The second-order valence-corrected chi connectivity index (χ2v) is 8.52. The van der Waals surface area contributed by atoms with Crippen LogP contribution in [0.1, 0.15) is 37.6 Å². The SMILES string of the molecule is CCc1nsc(NCc2ccc(S(=O)(=O)N3CCCCC3)cc2)n1. The fraction of sp³-hybridized carbons (Fsp3) is 0.500. The zero-order chi connectivity index (χ0) is 17.0. The van der Waals surface area contributed by atoms with E-state index in [-0.39, 0.29) is 0 Å². The summed E-state index contributed by atoms with van der Waals surface area (Å²) in [4.78, 5) is 4.73. The molecule has 0 amide bonds. The monoisotopic (exact) mass is 366 g/mol. The van der Waals surface area contributed by atoms with Crippen LogP contribution in [0, 0.1) is 0 Å². The van der Waals surface area contributed by atoms with E-state index >= 15 is 0 Å². The molecule has 0 bridgehead atoms. The van der Waals surface area contributed by atoms with Crippen molar-refractivity contribution < 1.29 is 8.42 Å². The highest BCUT2D eigenvalue weighted by atomic mass is 32.2. The number of piperidine rings is 1. The Morgan fingerprint density at radius 2 is 1.88 bits per heavy atom. The van der Waals surface area contributed by atoms with Gasteiger partial charge in [-0.05, 0) is 30.5 Å². The minimum Gasteiger partial charge on any atom is -0.356 e. The molecule has 6 nitrogen and oxygen atoms in total. The third-order valence-corrected chi connectivity index (χ3v) is 6.73. The van der Waals surface area contributed by atoms with Crippen molar-refractivity contribution in [2.24, 2.45) is 0 Å². The molecule has 1 fully saturated rings. The van der Waals surface area contributed by atoms with Crippen LogP contribution in [0.3, 0.4) is 0 Å². The molecule has 0 radical (unpaired) electrons. The Morgan fingerprint density at radius 1 is 1.17 bits per heavy atom. The van der Waals surface area contributed by atoms with E-state index in [4.69, 9.17) is 0 Å². The summed E-state index contributed by atoms with van der Waals surface area (Å²) in [7, 11) is -3.35. The normalized spacial score (nSPS) is 16.2. The molecule has 0 unspecified atom stereocenters. The van der Waals surface area contributed by atoms with Crippen LogP contribution in [-0.2, 0) is 23.0 Å². The number of rotatable bonds is 6. The lowest BCUT2D eigenvalue weighted by molar-refractivity contribution is 0.346. The van der Waals surface area contributed by atoms with Crippen molar-refractivity contribution in [2.75, 3.05) is 18.4 Å². The third-order valence-electron chi connectivity index (χ3n) is 4.10. The molecule has 1 aromatic heterocycles. The van der Waals surface area contributed by atoms with Crippen LogP contribution in [0.5, 0.6) is 0 Å². The van der Waals surface area contributed by atoms with Gasteiger partial charge in [0.05, 0.1) is 4.90 Å². The lowest BCUT2D eigenvalue weighted by Gasteiger charge is -2.25. The van der Waals surface area contributed by atoms with Crippen LogP contribution < -0.4 is 5.32 Å². The number of aryl methyl sites for hydroxylation is 1. The van der Waals surface area contributed by atoms with Gasteiger partial charge in [-0.3, -0.25) is 0 Å². The smallest absolute Gasteiger partial charge is 0.243 e. The van der Waals surface area contributed by atoms with Crippen molar-refractivity contribution in [3.8, 4) is 0 Å². The van der Waals surface area contributed by atoms with E-state index in [1.54, 1.807) is 16.4 Å². The molecule has 3 rings (SSSR count). The average molecular weight is 367 g/mol. The van der Waals surface area contributed by atoms with E-state index in [1.807, 2.05) is 19.1 Å². The maximum Gasteiger partial charge on any atom is 0.243 e. The molecule has 1 aliphatic heterocycles. The molecular formula is C16H22N4O2S2. The third kappa shape index (κ3) is 3.93. The van der Waals surface area contributed by atoms with Crippen LogP contribution in [0.25, 0.3) is 0 Å². The predicted octanol–water partition coefficient (Wildman–Crippen LogP) is 2.89. The molecular weight excluding hydrogens is 344 g/mol. The molecule has 1 aromatic carbocycles. The number of hydrogen-bond donors (Lipinski definition) is 1. The summed E-state index contributed by atoms with van der Waals surface area (Å²) >= 11 is 1.34. The van der Waals surface area contributed by atoms with E-state index in [2.05, 4.69) is 14.7 Å². The van der Waals surface area contributed by atoms with E-state index in [0.717, 1.165) is 42.2 Å². The van der Waals surface area contributed by atoms with E-state index in [0.29, 0.717) is 24.5 Å². The van der Waals surface area contributed by atoms with Crippen molar-refractivity contribution in [2.45, 2.75) is 44.0 Å². The highest BCUT2D eigenvalue weighted by Crippen LogP contribution is 2.21. The second kappa shape index (κ2) is 7.58. The molecule has 8 heteroatoms. The Labute approximate surface area is 147 Å². The van der Waals surface area contributed by atoms with Gasteiger partial charge < -0.3 is 5.32 Å². The zero-order valence-electron chi connectivity index (χ0n) is 13.7. The number of nitrogens with one attached hydrogen (secondary N) is 1. The van der Waals surface area contributed by atoms with Gasteiger partial charge in [0.15, 0.2) is 0 Å². The van der Waals surface area contributed by atoms with Gasteiger partial charge in [-0.15, -0.1) is 0 Å². The Hall–Kier alpha value is -1.51. The molecule has 0 spiro atoms. The molecule has 0 saturated carbocycles. The maximum absolute atomic E-state index is 12.6. The molecule has 1 aliphatic rings. The fourth-order valence-electron chi connectivity index (χ4n) is 2.68. The first-order valence-corrected chi connectivity index (χ1v) is 10.5. The van der Waals surface area contributed by atoms with Gasteiger partial charge in [0, 0.05) is 37.6 Å². The van der Waals surface area contributed by atoms with Crippen LogP contribution in [0.4, 0.5) is 5.13 Å². The van der Waals surface area contributed by atoms with Gasteiger partial charge in [-0.25, -0.2) is 13.4 Å². The highest BCUT2D eigenvalue weighted by Gasteiger charge is 2.25. The summed E-state index contributed by atoms with van der Waals surface area (Å²) in [5.41, 5.74) is 1.01. The lowest BCUT2D eigenvalue weighted by Crippen LogP contribution is -2.35. The molecule has 130 valence electrons. The second-order valence-electron chi connectivity index (χ2n) is 5.83. The minimum absolute atomic E-state index is 0.373. The Kier molecular flexibility index (Phi) is 5.47. The Bertz CT molecular complexity index is 766. The molecule has 1 saturated heterocycles. The van der Waals surface area contributed by atoms with Crippen molar-refractivity contribution in [1.82, 2.24) is 13.7 Å². The number of hydrogen-bond acceptors (Lipinski definition) is 6. The first-order chi connectivity index (χ1) is 11.6. The van der Waals surface area contributed by atoms with Crippen molar-refractivity contribution in [3.05, 3.63) is 35.7 Å². The van der Waals surface area contributed by atoms with Gasteiger partial charge in [-0.2, -0.15) is 8.68 Å². The maximum atomic E-state index is 12.6. The molecule has 2 aromatic rings. The molecule has 24 heavy (non-hydrogen) atoms. The summed E-state index contributed by atoms with van der Waals surface area (Å²) in [6.45, 7) is 3.88. The summed E-state index contributed by atoms with van der Waals surface area (Å²) in [5.74, 6) is 0.838. The summed E-state index contributed by atoms with van der Waals surface area (Å²) in [6.07, 6.45) is 3.83. The first kappa shape index (κ1) is 17.3. The van der Waals surface area contributed by atoms with Crippen molar-refractivity contribution in [3.63, 3.8) is 0 Å². The number of sulfonamides is 1. The first-order valence-electron chi connectivity index (χ1n) is 8.25. The largest absolute Gasteiger partial charge is 0.356 e.